The van der Waals surface area contributed by atoms with Crippen molar-refractivity contribution in [2.24, 2.45) is 5.41 Å². The topological polar surface area (TPSA) is 23.8 Å². The van der Waals surface area contributed by atoms with Gasteiger partial charge >= 0.3 is 0 Å². The number of hydrogen-bond acceptors (Lipinski definition) is 1. The van der Waals surface area contributed by atoms with Crippen LogP contribution in [-0.4, -0.2) is 0 Å². The molecule has 1 aromatic carbocycles. The highest BCUT2D eigenvalue weighted by atomic mass is 14.4. The quantitative estimate of drug-likeness (QED) is 0.713. The molecule has 1 rings (SSSR count). The Balaban J connectivity index is 3.18. The van der Waals surface area contributed by atoms with Crippen LogP contribution in [0.5, 0.6) is 0 Å². The van der Waals surface area contributed by atoms with Crippen LogP contribution in [0.25, 0.3) is 0 Å². The minimum Gasteiger partial charge on any atom is -0.198 e. The van der Waals surface area contributed by atoms with E-state index in [1.165, 1.54) is 11.1 Å². The number of nitriles is 1. The standard InChI is InChI=1S/C14H19N/c1-11-6-8-12(9-7-11)14(4,5)13(2,3)10-15/h6-9H,1-5H3. The Morgan fingerprint density at radius 2 is 1.47 bits per heavy atom. The molecule has 0 saturated heterocycles. The first-order valence-electron chi connectivity index (χ1n) is 5.29. The molecule has 0 heterocycles. The van der Waals surface area contributed by atoms with Crippen molar-refractivity contribution in [2.45, 2.75) is 40.0 Å². The van der Waals surface area contributed by atoms with E-state index in [0.717, 1.165) is 0 Å². The molecular formula is C14H19N. The van der Waals surface area contributed by atoms with Gasteiger partial charge in [0.15, 0.2) is 0 Å². The second-order valence-electron chi connectivity index (χ2n) is 5.23. The van der Waals surface area contributed by atoms with Gasteiger partial charge in [0.1, 0.15) is 0 Å². The molecule has 0 N–H and O–H groups in total. The minimum atomic E-state index is -0.359. The molecule has 0 aliphatic carbocycles. The Bertz CT molecular complexity index is 377. The van der Waals surface area contributed by atoms with Gasteiger partial charge in [-0.15, -0.1) is 0 Å². The molecule has 1 nitrogen and oxygen atoms in total. The molecule has 0 aliphatic rings. The van der Waals surface area contributed by atoms with Crippen molar-refractivity contribution in [3.63, 3.8) is 0 Å². The van der Waals surface area contributed by atoms with Crippen LogP contribution in [0, 0.1) is 23.7 Å². The Hall–Kier alpha value is -1.29. The third kappa shape index (κ3) is 2.04. The molecule has 0 spiro atoms. The van der Waals surface area contributed by atoms with E-state index in [-0.39, 0.29) is 10.8 Å². The molecule has 1 aromatic rings. The summed E-state index contributed by atoms with van der Waals surface area (Å²) in [5, 5.41) is 9.20. The van der Waals surface area contributed by atoms with Crippen molar-refractivity contribution in [1.29, 1.82) is 5.26 Å². The van der Waals surface area contributed by atoms with Gasteiger partial charge in [0, 0.05) is 5.41 Å². The molecule has 0 aromatic heterocycles. The van der Waals surface area contributed by atoms with E-state index >= 15 is 0 Å². The monoisotopic (exact) mass is 201 g/mol. The van der Waals surface area contributed by atoms with Gasteiger partial charge in [0.05, 0.1) is 11.5 Å². The Labute approximate surface area is 92.7 Å². The van der Waals surface area contributed by atoms with E-state index in [4.69, 9.17) is 0 Å². The maximum absolute atomic E-state index is 9.20. The first-order chi connectivity index (χ1) is 6.81. The van der Waals surface area contributed by atoms with Crippen LogP contribution < -0.4 is 0 Å². The van der Waals surface area contributed by atoms with Crippen molar-refractivity contribution in [2.75, 3.05) is 0 Å². The van der Waals surface area contributed by atoms with Crippen LogP contribution >= 0.6 is 0 Å². The number of nitrogens with zero attached hydrogens (tertiary/aromatic N) is 1. The summed E-state index contributed by atoms with van der Waals surface area (Å²) in [6.45, 7) is 10.3. The van der Waals surface area contributed by atoms with Crippen molar-refractivity contribution < 1.29 is 0 Å². The van der Waals surface area contributed by atoms with E-state index in [1.54, 1.807) is 0 Å². The fourth-order valence-corrected chi connectivity index (χ4v) is 1.47. The normalized spacial score (nSPS) is 12.3. The summed E-state index contributed by atoms with van der Waals surface area (Å²) in [4.78, 5) is 0. The maximum atomic E-state index is 9.20. The molecule has 0 bridgehead atoms. The van der Waals surface area contributed by atoms with Crippen molar-refractivity contribution >= 4 is 0 Å². The van der Waals surface area contributed by atoms with E-state index < -0.39 is 0 Å². The smallest absolute Gasteiger partial charge is 0.0693 e. The Morgan fingerprint density at radius 3 is 1.87 bits per heavy atom. The van der Waals surface area contributed by atoms with Gasteiger partial charge in [0.2, 0.25) is 0 Å². The fourth-order valence-electron chi connectivity index (χ4n) is 1.47. The number of aryl methyl sites for hydroxylation is 1. The lowest BCUT2D eigenvalue weighted by Crippen LogP contribution is -2.35. The molecule has 80 valence electrons. The summed E-state index contributed by atoms with van der Waals surface area (Å²) < 4.78 is 0. The molecule has 15 heavy (non-hydrogen) atoms. The summed E-state index contributed by atoms with van der Waals surface area (Å²) in [5.74, 6) is 0. The lowest BCUT2D eigenvalue weighted by molar-refractivity contribution is 0.278. The highest BCUT2D eigenvalue weighted by Gasteiger charge is 2.38. The first-order valence-corrected chi connectivity index (χ1v) is 5.29. The van der Waals surface area contributed by atoms with Crippen LogP contribution in [0.1, 0.15) is 38.8 Å². The van der Waals surface area contributed by atoms with Crippen molar-refractivity contribution in [1.82, 2.24) is 0 Å². The Morgan fingerprint density at radius 1 is 1.00 bits per heavy atom. The summed E-state index contributed by atoms with van der Waals surface area (Å²) in [6.07, 6.45) is 0. The van der Waals surface area contributed by atoms with E-state index in [1.807, 2.05) is 13.8 Å². The molecule has 0 amide bonds. The van der Waals surface area contributed by atoms with Crippen molar-refractivity contribution in [3.8, 4) is 6.07 Å². The molecular weight excluding hydrogens is 182 g/mol. The highest BCUT2D eigenvalue weighted by Crippen LogP contribution is 2.40. The van der Waals surface area contributed by atoms with Gasteiger partial charge in [-0.2, -0.15) is 5.26 Å². The zero-order valence-electron chi connectivity index (χ0n) is 10.3. The van der Waals surface area contributed by atoms with Gasteiger partial charge in [-0.1, -0.05) is 43.7 Å². The SMILES string of the molecule is Cc1ccc(C(C)(C)C(C)(C)C#N)cc1. The van der Waals surface area contributed by atoms with Crippen LogP contribution in [-0.2, 0) is 5.41 Å². The highest BCUT2D eigenvalue weighted by molar-refractivity contribution is 5.31. The number of rotatable bonds is 2. The molecule has 0 aliphatic heterocycles. The molecule has 0 saturated carbocycles. The molecule has 1 heteroatoms. The van der Waals surface area contributed by atoms with E-state index in [0.29, 0.717) is 0 Å². The van der Waals surface area contributed by atoms with Gasteiger partial charge in [-0.25, -0.2) is 0 Å². The molecule has 0 radical (unpaired) electrons. The molecule has 0 unspecified atom stereocenters. The molecule has 0 fully saturated rings. The van der Waals surface area contributed by atoms with Gasteiger partial charge in [-0.05, 0) is 26.3 Å². The summed E-state index contributed by atoms with van der Waals surface area (Å²) in [7, 11) is 0. The van der Waals surface area contributed by atoms with Gasteiger partial charge < -0.3 is 0 Å². The largest absolute Gasteiger partial charge is 0.198 e. The second-order valence-corrected chi connectivity index (χ2v) is 5.23. The molecule has 0 atom stereocenters. The van der Waals surface area contributed by atoms with E-state index in [9.17, 15) is 5.26 Å². The lowest BCUT2D eigenvalue weighted by Gasteiger charge is -2.36. The average Bonchev–Trinajstić information content (AvgIpc) is 2.18. The summed E-state index contributed by atoms with van der Waals surface area (Å²) in [6, 6.07) is 10.8. The predicted octanol–water partition coefficient (Wildman–Crippen LogP) is 3.82. The van der Waals surface area contributed by atoms with E-state index in [2.05, 4.69) is 51.1 Å². The van der Waals surface area contributed by atoms with Crippen LogP contribution in [0.2, 0.25) is 0 Å². The average molecular weight is 201 g/mol. The predicted molar refractivity (Wildman–Crippen MR) is 63.6 cm³/mol. The fraction of sp³-hybridized carbons (Fsp3) is 0.500. The third-order valence-electron chi connectivity index (χ3n) is 3.62. The zero-order valence-corrected chi connectivity index (χ0v) is 10.3. The third-order valence-corrected chi connectivity index (χ3v) is 3.62. The number of hydrogen-bond donors (Lipinski definition) is 0. The van der Waals surface area contributed by atoms with Crippen LogP contribution in [0.4, 0.5) is 0 Å². The Kier molecular flexibility index (Phi) is 2.90. The van der Waals surface area contributed by atoms with Crippen LogP contribution in [0.15, 0.2) is 24.3 Å². The maximum Gasteiger partial charge on any atom is 0.0693 e. The summed E-state index contributed by atoms with van der Waals surface area (Å²) in [5.41, 5.74) is 1.99. The van der Waals surface area contributed by atoms with Crippen molar-refractivity contribution in [3.05, 3.63) is 35.4 Å². The first kappa shape index (κ1) is 11.8. The second kappa shape index (κ2) is 3.70. The lowest BCUT2D eigenvalue weighted by atomic mass is 9.65. The van der Waals surface area contributed by atoms with Gasteiger partial charge in [0.25, 0.3) is 0 Å². The van der Waals surface area contributed by atoms with Crippen LogP contribution in [0.3, 0.4) is 0 Å². The zero-order chi connectivity index (χ0) is 11.7. The number of benzene rings is 1. The summed E-state index contributed by atoms with van der Waals surface area (Å²) >= 11 is 0. The minimum absolute atomic E-state index is 0.130. The van der Waals surface area contributed by atoms with Gasteiger partial charge in [-0.3, -0.25) is 0 Å².